The summed E-state index contributed by atoms with van der Waals surface area (Å²) in [6.45, 7) is 2.78. The second-order valence-electron chi connectivity index (χ2n) is 3.80. The minimum Gasteiger partial charge on any atom is -0.370 e. The van der Waals surface area contributed by atoms with Gasteiger partial charge in [0, 0.05) is 42.4 Å². The number of hydrogen-bond acceptors (Lipinski definition) is 3. The Morgan fingerprint density at radius 1 is 1.39 bits per heavy atom. The summed E-state index contributed by atoms with van der Waals surface area (Å²) >= 11 is 9.46. The first-order valence-electron chi connectivity index (χ1n) is 5.62. The number of aliphatic imine (C=N–C) groups is 1. The van der Waals surface area contributed by atoms with Crippen LogP contribution < -0.4 is 5.73 Å². The molecule has 0 spiro atoms. The molecule has 0 aliphatic carbocycles. The summed E-state index contributed by atoms with van der Waals surface area (Å²) < 4.78 is 0.838. The Hall–Kier alpha value is 0.340. The Balaban J connectivity index is 0.00000162. The molecule has 102 valence electrons. The normalized spacial score (nSPS) is 16.5. The van der Waals surface area contributed by atoms with Crippen LogP contribution in [0, 0.1) is 0 Å². The number of thioether (sulfide) groups is 1. The van der Waals surface area contributed by atoms with Gasteiger partial charge in [-0.3, -0.25) is 4.99 Å². The number of thiophene rings is 1. The second kappa shape index (κ2) is 8.50. The monoisotopic (exact) mass is 417 g/mol. The Morgan fingerprint density at radius 3 is 2.72 bits per heavy atom. The first-order chi connectivity index (χ1) is 8.25. The summed E-state index contributed by atoms with van der Waals surface area (Å²) in [5.74, 6) is 2.99. The zero-order valence-corrected chi connectivity index (χ0v) is 14.7. The molecule has 18 heavy (non-hydrogen) atoms. The molecular formula is C11H17ClIN3S2. The van der Waals surface area contributed by atoms with Gasteiger partial charge in [-0.1, -0.05) is 11.6 Å². The predicted octanol–water partition coefficient (Wildman–Crippen LogP) is 2.93. The van der Waals surface area contributed by atoms with Gasteiger partial charge in [-0.15, -0.1) is 35.3 Å². The molecule has 1 aromatic heterocycles. The first kappa shape index (κ1) is 16.4. The first-order valence-corrected chi connectivity index (χ1v) is 7.97. The van der Waals surface area contributed by atoms with Gasteiger partial charge in [0.2, 0.25) is 0 Å². The molecular weight excluding hydrogens is 401 g/mol. The van der Waals surface area contributed by atoms with Crippen molar-refractivity contribution < 1.29 is 0 Å². The Labute approximate surface area is 138 Å². The van der Waals surface area contributed by atoms with Crippen molar-refractivity contribution in [3.8, 4) is 0 Å². The van der Waals surface area contributed by atoms with E-state index in [4.69, 9.17) is 17.3 Å². The van der Waals surface area contributed by atoms with E-state index in [9.17, 15) is 0 Å². The van der Waals surface area contributed by atoms with Gasteiger partial charge in [0.1, 0.15) is 0 Å². The lowest BCUT2D eigenvalue weighted by Crippen LogP contribution is -2.42. The van der Waals surface area contributed by atoms with Crippen LogP contribution in [0.5, 0.6) is 0 Å². The van der Waals surface area contributed by atoms with E-state index in [2.05, 4.69) is 16.0 Å². The Kier molecular flexibility index (Phi) is 7.74. The van der Waals surface area contributed by atoms with E-state index in [1.54, 1.807) is 11.3 Å². The van der Waals surface area contributed by atoms with Crippen molar-refractivity contribution in [2.24, 2.45) is 10.7 Å². The van der Waals surface area contributed by atoms with Crippen molar-refractivity contribution in [3.63, 3.8) is 0 Å². The van der Waals surface area contributed by atoms with Crippen molar-refractivity contribution in [1.82, 2.24) is 4.90 Å². The van der Waals surface area contributed by atoms with E-state index in [-0.39, 0.29) is 24.0 Å². The molecule has 1 aromatic rings. The largest absolute Gasteiger partial charge is 0.370 e. The van der Waals surface area contributed by atoms with Crippen molar-refractivity contribution >= 4 is 64.6 Å². The minimum atomic E-state index is 0. The van der Waals surface area contributed by atoms with Crippen LogP contribution in [0.4, 0.5) is 0 Å². The van der Waals surface area contributed by atoms with Gasteiger partial charge < -0.3 is 10.6 Å². The lowest BCUT2D eigenvalue weighted by molar-refractivity contribution is 0.456. The smallest absolute Gasteiger partial charge is 0.191 e. The van der Waals surface area contributed by atoms with E-state index in [0.29, 0.717) is 5.96 Å². The minimum absolute atomic E-state index is 0. The van der Waals surface area contributed by atoms with Crippen molar-refractivity contribution in [1.29, 1.82) is 0 Å². The van der Waals surface area contributed by atoms with E-state index in [1.165, 1.54) is 4.88 Å². The molecule has 0 amide bonds. The number of guanidine groups is 1. The maximum Gasteiger partial charge on any atom is 0.191 e. The van der Waals surface area contributed by atoms with Crippen LogP contribution >= 0.6 is 58.7 Å². The second-order valence-corrected chi connectivity index (χ2v) is 6.82. The van der Waals surface area contributed by atoms with Crippen LogP contribution in [0.15, 0.2) is 17.1 Å². The molecule has 0 saturated carbocycles. The molecule has 1 fully saturated rings. The predicted molar refractivity (Wildman–Crippen MR) is 93.8 cm³/mol. The summed E-state index contributed by atoms with van der Waals surface area (Å²) in [5, 5.41) is 0. The highest BCUT2D eigenvalue weighted by Gasteiger charge is 2.11. The van der Waals surface area contributed by atoms with Crippen molar-refractivity contribution in [2.45, 2.75) is 6.42 Å². The lowest BCUT2D eigenvalue weighted by Gasteiger charge is -2.27. The number of rotatable bonds is 3. The van der Waals surface area contributed by atoms with Crippen LogP contribution in [-0.4, -0.2) is 42.0 Å². The van der Waals surface area contributed by atoms with E-state index >= 15 is 0 Å². The van der Waals surface area contributed by atoms with Gasteiger partial charge in [-0.05, 0) is 12.1 Å². The quantitative estimate of drug-likeness (QED) is 0.467. The lowest BCUT2D eigenvalue weighted by atomic mass is 10.3. The van der Waals surface area contributed by atoms with Gasteiger partial charge in [-0.2, -0.15) is 11.8 Å². The number of nitrogens with zero attached hydrogens (tertiary/aromatic N) is 2. The van der Waals surface area contributed by atoms with Gasteiger partial charge in [0.25, 0.3) is 0 Å². The summed E-state index contributed by atoms with van der Waals surface area (Å²) in [7, 11) is 0. The third-order valence-corrected chi connectivity index (χ3v) is 4.83. The standard InChI is InChI=1S/C11H16ClN3S2.HI/c12-10-2-1-9(17-10)3-4-14-11(13)15-5-7-16-8-6-15;/h1-2H,3-8H2,(H2,13,14);1H. The van der Waals surface area contributed by atoms with Crippen LogP contribution in [0.1, 0.15) is 4.88 Å². The fourth-order valence-corrected chi connectivity index (χ4v) is 3.64. The molecule has 7 heteroatoms. The topological polar surface area (TPSA) is 41.6 Å². The highest BCUT2D eigenvalue weighted by atomic mass is 127. The molecule has 1 aliphatic heterocycles. The molecule has 0 radical (unpaired) electrons. The molecule has 0 unspecified atom stereocenters. The van der Waals surface area contributed by atoms with Crippen LogP contribution in [-0.2, 0) is 6.42 Å². The van der Waals surface area contributed by atoms with Crippen LogP contribution in [0.3, 0.4) is 0 Å². The van der Waals surface area contributed by atoms with Crippen LogP contribution in [0.2, 0.25) is 4.34 Å². The zero-order chi connectivity index (χ0) is 12.1. The van der Waals surface area contributed by atoms with E-state index < -0.39 is 0 Å². The number of halogens is 2. The molecule has 3 nitrogen and oxygen atoms in total. The Bertz CT molecular complexity index is 391. The third kappa shape index (κ3) is 5.14. The van der Waals surface area contributed by atoms with Gasteiger partial charge in [-0.25, -0.2) is 0 Å². The third-order valence-electron chi connectivity index (χ3n) is 2.60. The Morgan fingerprint density at radius 2 is 2.11 bits per heavy atom. The van der Waals surface area contributed by atoms with Gasteiger partial charge in [0.05, 0.1) is 4.34 Å². The maximum atomic E-state index is 5.96. The van der Waals surface area contributed by atoms with Gasteiger partial charge >= 0.3 is 0 Å². The van der Waals surface area contributed by atoms with Crippen molar-refractivity contribution in [3.05, 3.63) is 21.3 Å². The number of nitrogens with two attached hydrogens (primary N) is 1. The van der Waals surface area contributed by atoms with Gasteiger partial charge in [0.15, 0.2) is 5.96 Å². The summed E-state index contributed by atoms with van der Waals surface area (Å²) in [6.07, 6.45) is 0.917. The zero-order valence-electron chi connectivity index (χ0n) is 9.97. The summed E-state index contributed by atoms with van der Waals surface area (Å²) in [5.41, 5.74) is 5.96. The average molecular weight is 418 g/mol. The molecule has 0 bridgehead atoms. The summed E-state index contributed by atoms with van der Waals surface area (Å²) in [6, 6.07) is 3.98. The van der Waals surface area contributed by atoms with E-state index in [1.807, 2.05) is 17.8 Å². The van der Waals surface area contributed by atoms with E-state index in [0.717, 1.165) is 41.9 Å². The van der Waals surface area contributed by atoms with Crippen LogP contribution in [0.25, 0.3) is 0 Å². The number of hydrogen-bond donors (Lipinski definition) is 1. The molecule has 2 rings (SSSR count). The average Bonchev–Trinajstić information content (AvgIpc) is 2.76. The fourth-order valence-electron chi connectivity index (χ4n) is 1.66. The SMILES string of the molecule is I.NC(=NCCc1ccc(Cl)s1)N1CCSCC1. The highest BCUT2D eigenvalue weighted by molar-refractivity contribution is 14.0. The highest BCUT2D eigenvalue weighted by Crippen LogP contribution is 2.21. The fraction of sp³-hybridized carbons (Fsp3) is 0.545. The maximum absolute atomic E-state index is 5.96. The molecule has 0 aromatic carbocycles. The molecule has 1 aliphatic rings. The molecule has 0 atom stereocenters. The van der Waals surface area contributed by atoms with Crippen molar-refractivity contribution in [2.75, 3.05) is 31.1 Å². The molecule has 2 heterocycles. The summed E-state index contributed by atoms with van der Waals surface area (Å²) in [4.78, 5) is 7.86. The molecule has 1 saturated heterocycles. The molecule has 2 N–H and O–H groups in total.